The lowest BCUT2D eigenvalue weighted by molar-refractivity contribution is 0.414. The summed E-state index contributed by atoms with van der Waals surface area (Å²) in [7, 11) is 1.71. The fraction of sp³-hybridized carbons (Fsp3) is 0.294. The first-order chi connectivity index (χ1) is 9.38. The predicted molar refractivity (Wildman–Crippen MR) is 90.0 cm³/mol. The summed E-state index contributed by atoms with van der Waals surface area (Å²) in [5, 5.41) is 3.48. The molecule has 0 aromatic heterocycles. The van der Waals surface area contributed by atoms with E-state index in [-0.39, 0.29) is 17.0 Å². The highest BCUT2D eigenvalue weighted by atomic mass is 79.9. The van der Waals surface area contributed by atoms with Crippen LogP contribution in [0.15, 0.2) is 54.6 Å². The molecule has 3 heteroatoms. The van der Waals surface area contributed by atoms with Gasteiger partial charge in [0.05, 0.1) is 7.11 Å². The third kappa shape index (κ3) is 5.76. The number of ether oxygens (including phenoxy) is 1. The number of benzene rings is 2. The van der Waals surface area contributed by atoms with E-state index in [4.69, 9.17) is 4.74 Å². The average molecular weight is 336 g/mol. The lowest BCUT2D eigenvalue weighted by Gasteiger charge is -2.06. The first-order valence-electron chi connectivity index (χ1n) is 6.76. The fourth-order valence-corrected chi connectivity index (χ4v) is 2.06. The maximum absolute atomic E-state index is 5.22. The van der Waals surface area contributed by atoms with E-state index in [0.29, 0.717) is 0 Å². The minimum absolute atomic E-state index is 0. The average Bonchev–Trinajstić information content (AvgIpc) is 2.48. The zero-order chi connectivity index (χ0) is 13.3. The van der Waals surface area contributed by atoms with Crippen LogP contribution < -0.4 is 10.1 Å². The van der Waals surface area contributed by atoms with Gasteiger partial charge in [-0.1, -0.05) is 42.5 Å². The van der Waals surface area contributed by atoms with Crippen LogP contribution in [-0.2, 0) is 12.8 Å². The van der Waals surface area contributed by atoms with E-state index in [1.54, 1.807) is 7.11 Å². The predicted octanol–water partition coefficient (Wildman–Crippen LogP) is 3.65. The molecule has 0 aliphatic rings. The molecule has 20 heavy (non-hydrogen) atoms. The lowest BCUT2D eigenvalue weighted by Crippen LogP contribution is -2.20. The molecule has 2 rings (SSSR count). The summed E-state index contributed by atoms with van der Waals surface area (Å²) in [5.41, 5.74) is 2.70. The van der Waals surface area contributed by atoms with Gasteiger partial charge in [-0.3, -0.25) is 0 Å². The standard InChI is InChI=1S/C17H21NO.BrH/c1-19-17-9-5-8-16(14-17)11-13-18-12-10-15-6-3-2-4-7-15;/h2-9,14,18H,10-13H2,1H3;1H. The van der Waals surface area contributed by atoms with Crippen LogP contribution in [0.25, 0.3) is 0 Å². The van der Waals surface area contributed by atoms with Gasteiger partial charge in [-0.25, -0.2) is 0 Å². The minimum atomic E-state index is 0. The first kappa shape index (κ1) is 16.7. The van der Waals surface area contributed by atoms with E-state index in [1.807, 2.05) is 12.1 Å². The van der Waals surface area contributed by atoms with E-state index in [2.05, 4.69) is 47.8 Å². The molecule has 0 amide bonds. The Hall–Kier alpha value is -1.32. The maximum atomic E-state index is 5.22. The van der Waals surface area contributed by atoms with E-state index >= 15 is 0 Å². The number of nitrogens with one attached hydrogen (secondary N) is 1. The summed E-state index contributed by atoms with van der Waals surface area (Å²) in [4.78, 5) is 0. The molecule has 0 aliphatic heterocycles. The van der Waals surface area contributed by atoms with Crippen molar-refractivity contribution in [1.29, 1.82) is 0 Å². The molecule has 2 aromatic rings. The van der Waals surface area contributed by atoms with Crippen molar-refractivity contribution in [3.63, 3.8) is 0 Å². The highest BCUT2D eigenvalue weighted by Gasteiger charge is 1.96. The molecular weight excluding hydrogens is 314 g/mol. The van der Waals surface area contributed by atoms with Gasteiger partial charge in [0.15, 0.2) is 0 Å². The third-order valence-corrected chi connectivity index (χ3v) is 3.16. The normalized spacial score (nSPS) is 9.85. The van der Waals surface area contributed by atoms with Gasteiger partial charge in [-0.05, 0) is 49.2 Å². The van der Waals surface area contributed by atoms with Crippen molar-refractivity contribution >= 4 is 17.0 Å². The van der Waals surface area contributed by atoms with Crippen molar-refractivity contribution in [2.45, 2.75) is 12.8 Å². The minimum Gasteiger partial charge on any atom is -0.497 e. The topological polar surface area (TPSA) is 21.3 Å². The molecular formula is C17H22BrNO. The molecule has 2 nitrogen and oxygen atoms in total. The van der Waals surface area contributed by atoms with Crippen LogP contribution in [0.1, 0.15) is 11.1 Å². The second-order valence-corrected chi connectivity index (χ2v) is 4.59. The van der Waals surface area contributed by atoms with Crippen molar-refractivity contribution in [2.75, 3.05) is 20.2 Å². The third-order valence-electron chi connectivity index (χ3n) is 3.16. The Morgan fingerprint density at radius 2 is 1.50 bits per heavy atom. The molecule has 1 N–H and O–H groups in total. The van der Waals surface area contributed by atoms with Crippen LogP contribution in [0, 0.1) is 0 Å². The molecule has 0 spiro atoms. The summed E-state index contributed by atoms with van der Waals surface area (Å²) in [6, 6.07) is 18.8. The van der Waals surface area contributed by atoms with Gasteiger partial charge in [0, 0.05) is 0 Å². The Labute approximate surface area is 131 Å². The molecule has 0 unspecified atom stereocenters. The van der Waals surface area contributed by atoms with Crippen molar-refractivity contribution in [3.05, 3.63) is 65.7 Å². The lowest BCUT2D eigenvalue weighted by atomic mass is 10.1. The summed E-state index contributed by atoms with van der Waals surface area (Å²) in [6.07, 6.45) is 2.12. The Bertz CT molecular complexity index is 487. The molecule has 0 aliphatic carbocycles. The molecule has 0 fully saturated rings. The van der Waals surface area contributed by atoms with Crippen molar-refractivity contribution in [1.82, 2.24) is 5.32 Å². The second-order valence-electron chi connectivity index (χ2n) is 4.59. The second kappa shape index (κ2) is 9.56. The fourth-order valence-electron chi connectivity index (χ4n) is 2.06. The number of halogens is 1. The van der Waals surface area contributed by atoms with E-state index in [9.17, 15) is 0 Å². The maximum Gasteiger partial charge on any atom is 0.119 e. The molecule has 0 bridgehead atoms. The summed E-state index contributed by atoms with van der Waals surface area (Å²) in [6.45, 7) is 2.02. The SMILES string of the molecule is Br.COc1cccc(CCNCCc2ccccc2)c1. The highest BCUT2D eigenvalue weighted by Crippen LogP contribution is 2.12. The molecule has 0 saturated heterocycles. The van der Waals surface area contributed by atoms with Crippen molar-refractivity contribution in [3.8, 4) is 5.75 Å². The van der Waals surface area contributed by atoms with Gasteiger partial charge >= 0.3 is 0 Å². The van der Waals surface area contributed by atoms with Crippen LogP contribution in [0.2, 0.25) is 0 Å². The monoisotopic (exact) mass is 335 g/mol. The largest absolute Gasteiger partial charge is 0.497 e. The number of methoxy groups -OCH3 is 1. The van der Waals surface area contributed by atoms with E-state index in [0.717, 1.165) is 31.7 Å². The first-order valence-corrected chi connectivity index (χ1v) is 6.76. The quantitative estimate of drug-likeness (QED) is 0.780. The van der Waals surface area contributed by atoms with Gasteiger partial charge in [0.25, 0.3) is 0 Å². The molecule has 0 saturated carbocycles. The highest BCUT2D eigenvalue weighted by molar-refractivity contribution is 8.93. The van der Waals surface area contributed by atoms with Crippen LogP contribution in [0.5, 0.6) is 5.75 Å². The zero-order valence-electron chi connectivity index (χ0n) is 11.8. The van der Waals surface area contributed by atoms with Gasteiger partial charge in [0.2, 0.25) is 0 Å². The van der Waals surface area contributed by atoms with Gasteiger partial charge in [-0.2, -0.15) is 0 Å². The molecule has 0 radical (unpaired) electrons. The molecule has 0 atom stereocenters. The number of hydrogen-bond acceptors (Lipinski definition) is 2. The van der Waals surface area contributed by atoms with Gasteiger partial charge in [0.1, 0.15) is 5.75 Å². The molecule has 108 valence electrons. The van der Waals surface area contributed by atoms with Gasteiger partial charge in [-0.15, -0.1) is 17.0 Å². The Morgan fingerprint density at radius 1 is 0.850 bits per heavy atom. The smallest absolute Gasteiger partial charge is 0.119 e. The van der Waals surface area contributed by atoms with Crippen LogP contribution in [-0.4, -0.2) is 20.2 Å². The van der Waals surface area contributed by atoms with Crippen molar-refractivity contribution < 1.29 is 4.74 Å². The summed E-state index contributed by atoms with van der Waals surface area (Å²) in [5.74, 6) is 0.932. The summed E-state index contributed by atoms with van der Waals surface area (Å²) >= 11 is 0. The van der Waals surface area contributed by atoms with Gasteiger partial charge < -0.3 is 10.1 Å². The number of hydrogen-bond donors (Lipinski definition) is 1. The Kier molecular flexibility index (Phi) is 8.00. The molecule has 0 heterocycles. The van der Waals surface area contributed by atoms with E-state index < -0.39 is 0 Å². The van der Waals surface area contributed by atoms with Crippen LogP contribution in [0.3, 0.4) is 0 Å². The number of rotatable bonds is 7. The van der Waals surface area contributed by atoms with Crippen molar-refractivity contribution in [2.24, 2.45) is 0 Å². The van der Waals surface area contributed by atoms with E-state index in [1.165, 1.54) is 11.1 Å². The Morgan fingerprint density at radius 3 is 2.20 bits per heavy atom. The zero-order valence-corrected chi connectivity index (χ0v) is 13.6. The summed E-state index contributed by atoms with van der Waals surface area (Å²) < 4.78 is 5.22. The van der Waals surface area contributed by atoms with Crippen LogP contribution in [0.4, 0.5) is 0 Å². The van der Waals surface area contributed by atoms with Crippen LogP contribution >= 0.6 is 17.0 Å². The molecule has 2 aromatic carbocycles. The Balaban J connectivity index is 0.00000200.